The predicted octanol–water partition coefficient (Wildman–Crippen LogP) is 3.30. The SMILES string of the molecule is CC(CCOc1ccc(Br)cc1Br)CCS(N)(=O)=O. The molecule has 0 aromatic heterocycles. The van der Waals surface area contributed by atoms with Gasteiger partial charge in [0, 0.05) is 4.47 Å². The van der Waals surface area contributed by atoms with Crippen LogP contribution < -0.4 is 9.88 Å². The monoisotopic (exact) mass is 413 g/mol. The second kappa shape index (κ2) is 7.61. The van der Waals surface area contributed by atoms with Crippen LogP contribution in [-0.4, -0.2) is 20.8 Å². The van der Waals surface area contributed by atoms with Crippen molar-refractivity contribution < 1.29 is 13.2 Å². The minimum absolute atomic E-state index is 0.0240. The van der Waals surface area contributed by atoms with Gasteiger partial charge in [0.2, 0.25) is 10.0 Å². The Morgan fingerprint density at radius 3 is 2.58 bits per heavy atom. The maximum absolute atomic E-state index is 10.8. The van der Waals surface area contributed by atoms with Crippen molar-refractivity contribution in [3.05, 3.63) is 27.1 Å². The molecule has 19 heavy (non-hydrogen) atoms. The van der Waals surface area contributed by atoms with Gasteiger partial charge in [0.15, 0.2) is 0 Å². The van der Waals surface area contributed by atoms with Crippen molar-refractivity contribution in [2.75, 3.05) is 12.4 Å². The Hall–Kier alpha value is -0.110. The normalized spacial score (nSPS) is 13.3. The van der Waals surface area contributed by atoms with Gasteiger partial charge >= 0.3 is 0 Å². The first-order chi connectivity index (χ1) is 8.78. The van der Waals surface area contributed by atoms with Gasteiger partial charge in [0.1, 0.15) is 5.75 Å². The van der Waals surface area contributed by atoms with Crippen molar-refractivity contribution in [3.8, 4) is 5.75 Å². The Morgan fingerprint density at radius 2 is 2.00 bits per heavy atom. The second-order valence-corrected chi connectivity index (χ2v) is 7.98. The van der Waals surface area contributed by atoms with E-state index in [-0.39, 0.29) is 11.7 Å². The Kier molecular flexibility index (Phi) is 6.79. The van der Waals surface area contributed by atoms with Crippen LogP contribution in [0.4, 0.5) is 0 Å². The van der Waals surface area contributed by atoms with E-state index >= 15 is 0 Å². The quantitative estimate of drug-likeness (QED) is 0.743. The zero-order chi connectivity index (χ0) is 14.5. The van der Waals surface area contributed by atoms with Gasteiger partial charge < -0.3 is 4.74 Å². The lowest BCUT2D eigenvalue weighted by Gasteiger charge is -2.12. The molecule has 1 rings (SSSR count). The van der Waals surface area contributed by atoms with E-state index in [2.05, 4.69) is 31.9 Å². The van der Waals surface area contributed by atoms with Crippen molar-refractivity contribution in [1.29, 1.82) is 0 Å². The molecule has 0 amide bonds. The third kappa shape index (κ3) is 7.29. The van der Waals surface area contributed by atoms with E-state index in [4.69, 9.17) is 9.88 Å². The molecule has 0 aliphatic carbocycles. The third-order valence-corrected chi connectivity index (χ3v) is 4.58. The highest BCUT2D eigenvalue weighted by Crippen LogP contribution is 2.28. The predicted molar refractivity (Wildman–Crippen MR) is 83.7 cm³/mol. The van der Waals surface area contributed by atoms with Crippen molar-refractivity contribution in [2.45, 2.75) is 19.8 Å². The summed E-state index contributed by atoms with van der Waals surface area (Å²) >= 11 is 6.79. The molecule has 0 radical (unpaired) electrons. The minimum atomic E-state index is -3.36. The molecule has 0 saturated heterocycles. The van der Waals surface area contributed by atoms with Crippen LogP contribution in [0.1, 0.15) is 19.8 Å². The summed E-state index contributed by atoms with van der Waals surface area (Å²) in [5, 5.41) is 4.97. The van der Waals surface area contributed by atoms with E-state index in [1.54, 1.807) is 0 Å². The molecular formula is C12H17Br2NO3S. The van der Waals surface area contributed by atoms with Crippen LogP contribution >= 0.6 is 31.9 Å². The minimum Gasteiger partial charge on any atom is -0.492 e. The third-order valence-electron chi connectivity index (χ3n) is 2.66. The first-order valence-electron chi connectivity index (χ1n) is 5.86. The highest BCUT2D eigenvalue weighted by Gasteiger charge is 2.09. The first kappa shape index (κ1) is 16.9. The average Bonchev–Trinajstić information content (AvgIpc) is 2.28. The lowest BCUT2D eigenvalue weighted by molar-refractivity contribution is 0.280. The van der Waals surface area contributed by atoms with Crippen LogP contribution in [0, 0.1) is 5.92 Å². The Labute approximate surface area is 131 Å². The maximum atomic E-state index is 10.8. The summed E-state index contributed by atoms with van der Waals surface area (Å²) in [6.45, 7) is 2.54. The number of sulfonamides is 1. The molecule has 4 nitrogen and oxygen atoms in total. The fourth-order valence-electron chi connectivity index (χ4n) is 1.47. The molecule has 108 valence electrons. The van der Waals surface area contributed by atoms with Gasteiger partial charge in [-0.1, -0.05) is 22.9 Å². The van der Waals surface area contributed by atoms with Crippen LogP contribution in [0.5, 0.6) is 5.75 Å². The van der Waals surface area contributed by atoms with Gasteiger partial charge in [0.05, 0.1) is 16.8 Å². The van der Waals surface area contributed by atoms with E-state index in [0.717, 1.165) is 21.1 Å². The lowest BCUT2D eigenvalue weighted by atomic mass is 10.1. The van der Waals surface area contributed by atoms with Gasteiger partial charge in [-0.15, -0.1) is 0 Å². The molecular weight excluding hydrogens is 398 g/mol. The molecule has 1 unspecified atom stereocenters. The van der Waals surface area contributed by atoms with Gasteiger partial charge in [-0.2, -0.15) is 0 Å². The summed E-state index contributed by atoms with van der Waals surface area (Å²) in [7, 11) is -3.36. The standard InChI is InChI=1S/C12H17Br2NO3S/c1-9(5-7-19(15,16)17)4-6-18-12-3-2-10(13)8-11(12)14/h2-3,8-9H,4-7H2,1H3,(H2,15,16,17). The molecule has 0 saturated carbocycles. The number of benzene rings is 1. The summed E-state index contributed by atoms with van der Waals surface area (Å²) in [5.74, 6) is 1.06. The van der Waals surface area contributed by atoms with Crippen molar-refractivity contribution in [1.82, 2.24) is 0 Å². The number of hydrogen-bond acceptors (Lipinski definition) is 3. The molecule has 1 aromatic rings. The van der Waals surface area contributed by atoms with Gasteiger partial charge in [-0.05, 0) is 52.9 Å². The summed E-state index contributed by atoms with van der Waals surface area (Å²) in [5.41, 5.74) is 0. The summed E-state index contributed by atoms with van der Waals surface area (Å²) in [6.07, 6.45) is 1.35. The van der Waals surface area contributed by atoms with Crippen molar-refractivity contribution >= 4 is 41.9 Å². The van der Waals surface area contributed by atoms with Crippen LogP contribution in [0.3, 0.4) is 0 Å². The largest absolute Gasteiger partial charge is 0.492 e. The summed E-state index contributed by atoms with van der Waals surface area (Å²) in [6, 6.07) is 5.70. The number of primary sulfonamides is 1. The number of hydrogen-bond donors (Lipinski definition) is 1. The molecule has 0 heterocycles. The smallest absolute Gasteiger partial charge is 0.209 e. The van der Waals surface area contributed by atoms with Gasteiger partial charge in [-0.3, -0.25) is 0 Å². The summed E-state index contributed by atoms with van der Waals surface area (Å²) < 4.78 is 29.2. The van der Waals surface area contributed by atoms with E-state index in [1.165, 1.54) is 0 Å². The van der Waals surface area contributed by atoms with Crippen LogP contribution in [0.15, 0.2) is 27.1 Å². The van der Waals surface area contributed by atoms with E-state index in [9.17, 15) is 8.42 Å². The molecule has 0 aliphatic heterocycles. The Morgan fingerprint density at radius 1 is 1.32 bits per heavy atom. The molecule has 7 heteroatoms. The van der Waals surface area contributed by atoms with Crippen molar-refractivity contribution in [2.24, 2.45) is 11.1 Å². The number of ether oxygens (including phenoxy) is 1. The second-order valence-electron chi connectivity index (χ2n) is 4.47. The van der Waals surface area contributed by atoms with Gasteiger partial charge in [0.25, 0.3) is 0 Å². The molecule has 2 N–H and O–H groups in total. The van der Waals surface area contributed by atoms with E-state index in [1.807, 2.05) is 25.1 Å². The fourth-order valence-corrected chi connectivity index (χ4v) is 3.36. The van der Waals surface area contributed by atoms with Crippen molar-refractivity contribution in [3.63, 3.8) is 0 Å². The highest BCUT2D eigenvalue weighted by atomic mass is 79.9. The van der Waals surface area contributed by atoms with E-state index in [0.29, 0.717) is 13.0 Å². The molecule has 0 aliphatic rings. The topological polar surface area (TPSA) is 69.4 Å². The average molecular weight is 415 g/mol. The highest BCUT2D eigenvalue weighted by molar-refractivity contribution is 9.11. The van der Waals surface area contributed by atoms with Crippen LogP contribution in [0.2, 0.25) is 0 Å². The Bertz CT molecular complexity index is 520. The van der Waals surface area contributed by atoms with Crippen LogP contribution in [0.25, 0.3) is 0 Å². The van der Waals surface area contributed by atoms with E-state index < -0.39 is 10.0 Å². The molecule has 1 aromatic carbocycles. The first-order valence-corrected chi connectivity index (χ1v) is 9.16. The maximum Gasteiger partial charge on any atom is 0.209 e. The summed E-state index contributed by atoms with van der Waals surface area (Å²) in [4.78, 5) is 0. The molecule has 1 atom stereocenters. The number of halogens is 2. The molecule has 0 bridgehead atoms. The lowest BCUT2D eigenvalue weighted by Crippen LogP contribution is -2.18. The van der Waals surface area contributed by atoms with Crippen LogP contribution in [-0.2, 0) is 10.0 Å². The zero-order valence-corrected chi connectivity index (χ0v) is 14.6. The zero-order valence-electron chi connectivity index (χ0n) is 10.6. The number of rotatable bonds is 7. The number of nitrogens with two attached hydrogens (primary N) is 1. The fraction of sp³-hybridized carbons (Fsp3) is 0.500. The molecule has 0 spiro atoms. The van der Waals surface area contributed by atoms with Gasteiger partial charge in [-0.25, -0.2) is 13.6 Å². The Balaban J connectivity index is 2.33. The molecule has 0 fully saturated rings.